The van der Waals surface area contributed by atoms with Crippen LogP contribution in [0.4, 0.5) is 24.5 Å². The Hall–Kier alpha value is -2.83. The molecule has 2 amide bonds. The van der Waals surface area contributed by atoms with Crippen molar-refractivity contribution in [3.8, 4) is 0 Å². The number of hydrogen-bond donors (Lipinski definition) is 2. The van der Waals surface area contributed by atoms with E-state index in [-0.39, 0.29) is 5.91 Å². The third kappa shape index (κ3) is 3.65. The Morgan fingerprint density at radius 1 is 0.960 bits per heavy atom. The van der Waals surface area contributed by atoms with E-state index in [0.29, 0.717) is 12.1 Å². The van der Waals surface area contributed by atoms with E-state index >= 15 is 0 Å². The zero-order chi connectivity index (χ0) is 18.1. The molecule has 7 heteroatoms. The first-order chi connectivity index (χ1) is 11.9. The minimum Gasteiger partial charge on any atom is -0.326 e. The van der Waals surface area contributed by atoms with Gasteiger partial charge in [0, 0.05) is 5.69 Å². The number of amides is 2. The highest BCUT2D eigenvalue weighted by Crippen LogP contribution is 2.40. The van der Waals surface area contributed by atoms with Crippen LogP contribution in [-0.4, -0.2) is 11.8 Å². The van der Waals surface area contributed by atoms with Crippen molar-refractivity contribution >= 4 is 23.2 Å². The van der Waals surface area contributed by atoms with Gasteiger partial charge in [0.1, 0.15) is 0 Å². The molecule has 0 radical (unpaired) electrons. The highest BCUT2D eigenvalue weighted by molar-refractivity contribution is 6.03. The quantitative estimate of drug-likeness (QED) is 0.829. The first-order valence-corrected chi connectivity index (χ1v) is 7.68. The Kier molecular flexibility index (Phi) is 4.48. The second kappa shape index (κ2) is 6.58. The first-order valence-electron chi connectivity index (χ1n) is 7.68. The Balaban J connectivity index is 1.60. The van der Waals surface area contributed by atoms with E-state index in [0.717, 1.165) is 17.7 Å². The van der Waals surface area contributed by atoms with Gasteiger partial charge in [-0.05, 0) is 43.2 Å². The molecular formula is C18H15F3N2O2. The van der Waals surface area contributed by atoms with Gasteiger partial charge in [-0.3, -0.25) is 9.59 Å². The normalized spacial score (nSPS) is 18.6. The lowest BCUT2D eigenvalue weighted by molar-refractivity contribution is -0.122. The average Bonchev–Trinajstić information content (AvgIpc) is 3.36. The molecule has 0 saturated heterocycles. The molecule has 0 heterocycles. The van der Waals surface area contributed by atoms with Gasteiger partial charge < -0.3 is 10.6 Å². The number of hydrogen-bond acceptors (Lipinski definition) is 2. The van der Waals surface area contributed by atoms with E-state index in [2.05, 4.69) is 10.6 Å². The monoisotopic (exact) mass is 348 g/mol. The van der Waals surface area contributed by atoms with Crippen LogP contribution in [-0.2, 0) is 9.59 Å². The lowest BCUT2D eigenvalue weighted by Gasteiger charge is -2.08. The van der Waals surface area contributed by atoms with Crippen molar-refractivity contribution in [2.24, 2.45) is 11.8 Å². The van der Waals surface area contributed by atoms with Gasteiger partial charge in [0.25, 0.3) is 0 Å². The van der Waals surface area contributed by atoms with Crippen LogP contribution in [0, 0.1) is 36.2 Å². The zero-order valence-electron chi connectivity index (χ0n) is 13.3. The summed E-state index contributed by atoms with van der Waals surface area (Å²) in [6.45, 7) is 1.89. The Morgan fingerprint density at radius 3 is 2.32 bits per heavy atom. The summed E-state index contributed by atoms with van der Waals surface area (Å²) in [7, 11) is 0. The molecule has 2 aromatic rings. The molecule has 2 N–H and O–H groups in total. The maximum absolute atomic E-state index is 13.6. The largest absolute Gasteiger partial charge is 0.326 e. The SMILES string of the molecule is Cc1cccc(NC(=O)C2CC2C(=O)Nc2ccc(F)c(F)c2F)c1. The molecule has 2 aromatic carbocycles. The highest BCUT2D eigenvalue weighted by atomic mass is 19.2. The number of carbonyl (C=O) groups excluding carboxylic acids is 2. The molecule has 1 fully saturated rings. The zero-order valence-corrected chi connectivity index (χ0v) is 13.3. The van der Waals surface area contributed by atoms with Crippen molar-refractivity contribution in [2.45, 2.75) is 13.3 Å². The summed E-state index contributed by atoms with van der Waals surface area (Å²) in [6, 6.07) is 8.89. The van der Waals surface area contributed by atoms with Gasteiger partial charge >= 0.3 is 0 Å². The Bertz CT molecular complexity index is 854. The molecule has 2 atom stereocenters. The molecule has 2 unspecified atom stereocenters. The predicted molar refractivity (Wildman–Crippen MR) is 86.4 cm³/mol. The van der Waals surface area contributed by atoms with Crippen molar-refractivity contribution < 1.29 is 22.8 Å². The Morgan fingerprint density at radius 2 is 1.64 bits per heavy atom. The van der Waals surface area contributed by atoms with E-state index in [9.17, 15) is 22.8 Å². The number of aryl methyl sites for hydroxylation is 1. The molecule has 1 aliphatic rings. The van der Waals surface area contributed by atoms with Gasteiger partial charge in [-0.2, -0.15) is 0 Å². The molecule has 1 aliphatic carbocycles. The first kappa shape index (κ1) is 17.0. The standard InChI is InChI=1S/C18H15F3N2O2/c1-9-3-2-4-10(7-9)22-17(24)11-8-12(11)18(25)23-14-6-5-13(19)15(20)16(14)21/h2-7,11-12H,8H2,1H3,(H,22,24)(H,23,25). The van der Waals surface area contributed by atoms with Crippen molar-refractivity contribution in [2.75, 3.05) is 10.6 Å². The summed E-state index contributed by atoms with van der Waals surface area (Å²) in [4.78, 5) is 24.2. The fraction of sp³-hybridized carbons (Fsp3) is 0.222. The number of anilines is 2. The molecule has 0 bridgehead atoms. The summed E-state index contributed by atoms with van der Waals surface area (Å²) in [5.41, 5.74) is 1.16. The third-order valence-corrected chi connectivity index (χ3v) is 4.04. The topological polar surface area (TPSA) is 58.2 Å². The van der Waals surface area contributed by atoms with Gasteiger partial charge in [0.05, 0.1) is 17.5 Å². The minimum atomic E-state index is -1.65. The molecule has 25 heavy (non-hydrogen) atoms. The summed E-state index contributed by atoms with van der Waals surface area (Å²) < 4.78 is 39.6. The minimum absolute atomic E-state index is 0.309. The summed E-state index contributed by atoms with van der Waals surface area (Å²) in [5, 5.41) is 4.92. The van der Waals surface area contributed by atoms with Crippen LogP contribution < -0.4 is 10.6 Å². The lowest BCUT2D eigenvalue weighted by Crippen LogP contribution is -2.21. The van der Waals surface area contributed by atoms with Crippen LogP contribution in [0.25, 0.3) is 0 Å². The summed E-state index contributed by atoms with van der Waals surface area (Å²) in [6.07, 6.45) is 0.314. The summed E-state index contributed by atoms with van der Waals surface area (Å²) >= 11 is 0. The average molecular weight is 348 g/mol. The van der Waals surface area contributed by atoms with Crippen molar-refractivity contribution in [1.82, 2.24) is 0 Å². The highest BCUT2D eigenvalue weighted by Gasteiger charge is 2.48. The van der Waals surface area contributed by atoms with Gasteiger partial charge in [-0.15, -0.1) is 0 Å². The number of rotatable bonds is 4. The number of carbonyl (C=O) groups is 2. The molecule has 0 aliphatic heterocycles. The van der Waals surface area contributed by atoms with Crippen molar-refractivity contribution in [3.63, 3.8) is 0 Å². The summed E-state index contributed by atoms with van der Waals surface area (Å²) in [5.74, 6) is -6.52. The predicted octanol–water partition coefficient (Wildman–Crippen LogP) is 3.63. The third-order valence-electron chi connectivity index (χ3n) is 4.04. The van der Waals surface area contributed by atoms with Crippen LogP contribution >= 0.6 is 0 Å². The van der Waals surface area contributed by atoms with Gasteiger partial charge in [0.2, 0.25) is 11.8 Å². The number of nitrogens with one attached hydrogen (secondary N) is 2. The van der Waals surface area contributed by atoms with Crippen LogP contribution in [0.5, 0.6) is 0 Å². The lowest BCUT2D eigenvalue weighted by atomic mass is 10.2. The van der Waals surface area contributed by atoms with E-state index in [1.54, 1.807) is 18.2 Å². The van der Waals surface area contributed by atoms with Crippen molar-refractivity contribution in [3.05, 3.63) is 59.4 Å². The van der Waals surface area contributed by atoms with Crippen LogP contribution in [0.3, 0.4) is 0 Å². The maximum atomic E-state index is 13.6. The maximum Gasteiger partial charge on any atom is 0.228 e. The fourth-order valence-corrected chi connectivity index (χ4v) is 2.58. The van der Waals surface area contributed by atoms with E-state index < -0.39 is 40.9 Å². The van der Waals surface area contributed by atoms with E-state index in [4.69, 9.17) is 0 Å². The molecular weight excluding hydrogens is 333 g/mol. The van der Waals surface area contributed by atoms with Gasteiger partial charge in [-0.1, -0.05) is 12.1 Å². The van der Waals surface area contributed by atoms with Crippen LogP contribution in [0.1, 0.15) is 12.0 Å². The number of benzene rings is 2. The smallest absolute Gasteiger partial charge is 0.228 e. The molecule has 0 aromatic heterocycles. The fourth-order valence-electron chi connectivity index (χ4n) is 2.58. The van der Waals surface area contributed by atoms with E-state index in [1.165, 1.54) is 0 Å². The Labute approximate surface area is 142 Å². The van der Waals surface area contributed by atoms with Crippen LogP contribution in [0.15, 0.2) is 36.4 Å². The van der Waals surface area contributed by atoms with Gasteiger partial charge in [0.15, 0.2) is 17.5 Å². The second-order valence-electron chi connectivity index (χ2n) is 6.02. The molecule has 3 rings (SSSR count). The molecule has 1 saturated carbocycles. The second-order valence-corrected chi connectivity index (χ2v) is 6.02. The van der Waals surface area contributed by atoms with Gasteiger partial charge in [-0.25, -0.2) is 13.2 Å². The molecule has 0 spiro atoms. The van der Waals surface area contributed by atoms with E-state index in [1.807, 2.05) is 13.0 Å². The number of halogens is 3. The van der Waals surface area contributed by atoms with Crippen LogP contribution in [0.2, 0.25) is 0 Å². The molecule has 4 nitrogen and oxygen atoms in total. The molecule has 130 valence electrons. The van der Waals surface area contributed by atoms with Crippen molar-refractivity contribution in [1.29, 1.82) is 0 Å².